The standard InChI is InChI=1S/C13H12ClN3O3S/c1-2-11(18)9-4-3-5-10(8-9)21(19,20)17-12-6-7-15-13(14)16-12/h3-8H,2H2,1H3,(H,15,16,17). The van der Waals surface area contributed by atoms with Crippen LogP contribution < -0.4 is 4.72 Å². The molecule has 1 heterocycles. The number of anilines is 1. The van der Waals surface area contributed by atoms with E-state index in [2.05, 4.69) is 14.7 Å². The van der Waals surface area contributed by atoms with Gasteiger partial charge in [-0.15, -0.1) is 0 Å². The summed E-state index contributed by atoms with van der Waals surface area (Å²) in [4.78, 5) is 19.0. The van der Waals surface area contributed by atoms with E-state index in [0.29, 0.717) is 12.0 Å². The quantitative estimate of drug-likeness (QED) is 0.674. The number of halogens is 1. The predicted octanol–water partition coefficient (Wildman–Crippen LogP) is 2.52. The number of carbonyl (C=O) groups is 1. The molecule has 0 aliphatic carbocycles. The molecule has 0 atom stereocenters. The lowest BCUT2D eigenvalue weighted by molar-refractivity contribution is 0.0988. The summed E-state index contributed by atoms with van der Waals surface area (Å²) < 4.78 is 26.8. The molecule has 2 rings (SSSR count). The minimum atomic E-state index is -3.85. The number of ketones is 1. The smallest absolute Gasteiger partial charge is 0.263 e. The van der Waals surface area contributed by atoms with Gasteiger partial charge in [-0.25, -0.2) is 13.4 Å². The number of rotatable bonds is 5. The molecule has 6 nitrogen and oxygen atoms in total. The number of hydrogen-bond acceptors (Lipinski definition) is 5. The third-order valence-corrected chi connectivity index (χ3v) is 4.19. The van der Waals surface area contributed by atoms with Crippen molar-refractivity contribution in [2.75, 3.05) is 4.72 Å². The second-order valence-corrected chi connectivity index (χ2v) is 6.14. The fourth-order valence-corrected chi connectivity index (χ4v) is 2.82. The van der Waals surface area contributed by atoms with Gasteiger partial charge in [0, 0.05) is 18.2 Å². The maximum atomic E-state index is 12.3. The van der Waals surface area contributed by atoms with Gasteiger partial charge in [-0.2, -0.15) is 4.98 Å². The molecule has 2 aromatic rings. The van der Waals surface area contributed by atoms with Crippen molar-refractivity contribution in [1.29, 1.82) is 0 Å². The second kappa shape index (κ2) is 6.19. The molecule has 0 radical (unpaired) electrons. The highest BCUT2D eigenvalue weighted by Gasteiger charge is 2.16. The maximum absolute atomic E-state index is 12.3. The molecule has 0 saturated carbocycles. The average molecular weight is 326 g/mol. The van der Waals surface area contributed by atoms with Crippen LogP contribution in [0.5, 0.6) is 0 Å². The maximum Gasteiger partial charge on any atom is 0.263 e. The molecule has 0 bridgehead atoms. The summed E-state index contributed by atoms with van der Waals surface area (Å²) in [6.07, 6.45) is 1.64. The lowest BCUT2D eigenvalue weighted by Crippen LogP contribution is -2.14. The summed E-state index contributed by atoms with van der Waals surface area (Å²) in [6.45, 7) is 1.71. The van der Waals surface area contributed by atoms with Crippen LogP contribution in [0.3, 0.4) is 0 Å². The molecule has 0 saturated heterocycles. The van der Waals surface area contributed by atoms with Crippen molar-refractivity contribution in [3.63, 3.8) is 0 Å². The van der Waals surface area contributed by atoms with Crippen LogP contribution in [-0.2, 0) is 10.0 Å². The Kier molecular flexibility index (Phi) is 4.54. The Balaban J connectivity index is 2.33. The van der Waals surface area contributed by atoms with Crippen LogP contribution in [0.25, 0.3) is 0 Å². The SMILES string of the molecule is CCC(=O)c1cccc(S(=O)(=O)Nc2ccnc(Cl)n2)c1. The van der Waals surface area contributed by atoms with Crippen LogP contribution in [-0.4, -0.2) is 24.2 Å². The van der Waals surface area contributed by atoms with E-state index in [1.165, 1.54) is 30.5 Å². The van der Waals surface area contributed by atoms with Crippen LogP contribution in [0.15, 0.2) is 41.4 Å². The summed E-state index contributed by atoms with van der Waals surface area (Å²) in [6, 6.07) is 7.20. The highest BCUT2D eigenvalue weighted by Crippen LogP contribution is 2.17. The van der Waals surface area contributed by atoms with E-state index in [4.69, 9.17) is 11.6 Å². The zero-order valence-electron chi connectivity index (χ0n) is 11.1. The molecule has 0 amide bonds. The molecule has 8 heteroatoms. The molecule has 0 fully saturated rings. The van der Waals surface area contributed by atoms with E-state index in [0.717, 1.165) is 0 Å². The predicted molar refractivity (Wildman–Crippen MR) is 78.9 cm³/mol. The van der Waals surface area contributed by atoms with Crippen molar-refractivity contribution in [1.82, 2.24) is 9.97 Å². The van der Waals surface area contributed by atoms with Crippen molar-refractivity contribution in [3.8, 4) is 0 Å². The molecule has 0 spiro atoms. The van der Waals surface area contributed by atoms with Crippen LogP contribution in [0.2, 0.25) is 5.28 Å². The monoisotopic (exact) mass is 325 g/mol. The number of benzene rings is 1. The Hall–Kier alpha value is -1.99. The van der Waals surface area contributed by atoms with Gasteiger partial charge in [-0.3, -0.25) is 9.52 Å². The number of hydrogen-bond donors (Lipinski definition) is 1. The van der Waals surface area contributed by atoms with Gasteiger partial charge in [0.05, 0.1) is 4.90 Å². The molecule has 1 N–H and O–H groups in total. The van der Waals surface area contributed by atoms with Gasteiger partial charge in [0.1, 0.15) is 5.82 Å². The summed E-state index contributed by atoms with van der Waals surface area (Å²) in [5.41, 5.74) is 0.348. The summed E-state index contributed by atoms with van der Waals surface area (Å²) >= 11 is 5.60. The minimum absolute atomic E-state index is 0.0171. The Morgan fingerprint density at radius 1 is 1.33 bits per heavy atom. The van der Waals surface area contributed by atoms with Crippen LogP contribution >= 0.6 is 11.6 Å². The summed E-state index contributed by atoms with van der Waals surface area (Å²) in [7, 11) is -3.85. The zero-order valence-corrected chi connectivity index (χ0v) is 12.6. The molecule has 1 aromatic heterocycles. The van der Waals surface area contributed by atoms with Crippen molar-refractivity contribution >= 4 is 33.2 Å². The first kappa shape index (κ1) is 15.4. The first-order valence-corrected chi connectivity index (χ1v) is 7.93. The molecule has 21 heavy (non-hydrogen) atoms. The van der Waals surface area contributed by atoms with E-state index in [1.54, 1.807) is 13.0 Å². The van der Waals surface area contributed by atoms with Crippen LogP contribution in [0, 0.1) is 0 Å². The molecule has 1 aromatic carbocycles. The van der Waals surface area contributed by atoms with Gasteiger partial charge in [-0.05, 0) is 29.8 Å². The molecule has 0 aliphatic heterocycles. The van der Waals surface area contributed by atoms with E-state index < -0.39 is 10.0 Å². The average Bonchev–Trinajstić information content (AvgIpc) is 2.46. The van der Waals surface area contributed by atoms with Gasteiger partial charge in [0.2, 0.25) is 5.28 Å². The molecule has 110 valence electrons. The van der Waals surface area contributed by atoms with Crippen LogP contribution in [0.4, 0.5) is 5.82 Å². The Morgan fingerprint density at radius 2 is 2.10 bits per heavy atom. The number of nitrogens with one attached hydrogen (secondary N) is 1. The minimum Gasteiger partial charge on any atom is -0.294 e. The fraction of sp³-hybridized carbons (Fsp3) is 0.154. The summed E-state index contributed by atoms with van der Waals surface area (Å²) in [5.74, 6) is -0.0700. The van der Waals surface area contributed by atoms with Crippen molar-refractivity contribution in [2.24, 2.45) is 0 Å². The number of Topliss-reactive ketones (excluding diaryl/α,β-unsaturated/α-hetero) is 1. The Bertz CT molecular complexity index is 778. The number of aromatic nitrogens is 2. The van der Waals surface area contributed by atoms with E-state index in [1.807, 2.05) is 0 Å². The Morgan fingerprint density at radius 3 is 2.76 bits per heavy atom. The Labute approximate surface area is 127 Å². The highest BCUT2D eigenvalue weighted by molar-refractivity contribution is 7.92. The third-order valence-electron chi connectivity index (χ3n) is 2.65. The fourth-order valence-electron chi connectivity index (χ4n) is 1.63. The van der Waals surface area contributed by atoms with Gasteiger partial charge in [0.25, 0.3) is 10.0 Å². The molecular formula is C13H12ClN3O3S. The van der Waals surface area contributed by atoms with E-state index in [-0.39, 0.29) is 21.8 Å². The molecule has 0 aliphatic rings. The van der Waals surface area contributed by atoms with Gasteiger partial charge in [0.15, 0.2) is 5.78 Å². The number of sulfonamides is 1. The van der Waals surface area contributed by atoms with Gasteiger partial charge in [-0.1, -0.05) is 19.1 Å². The van der Waals surface area contributed by atoms with Crippen molar-refractivity contribution < 1.29 is 13.2 Å². The van der Waals surface area contributed by atoms with E-state index in [9.17, 15) is 13.2 Å². The zero-order chi connectivity index (χ0) is 15.5. The van der Waals surface area contributed by atoms with Crippen molar-refractivity contribution in [2.45, 2.75) is 18.2 Å². The van der Waals surface area contributed by atoms with Crippen molar-refractivity contribution in [3.05, 3.63) is 47.4 Å². The largest absolute Gasteiger partial charge is 0.294 e. The lowest BCUT2D eigenvalue weighted by Gasteiger charge is -2.08. The third kappa shape index (κ3) is 3.77. The first-order valence-electron chi connectivity index (χ1n) is 6.07. The molecular weight excluding hydrogens is 314 g/mol. The van der Waals surface area contributed by atoms with Gasteiger partial charge < -0.3 is 0 Å². The topological polar surface area (TPSA) is 89.0 Å². The molecule has 0 unspecified atom stereocenters. The van der Waals surface area contributed by atoms with Gasteiger partial charge >= 0.3 is 0 Å². The lowest BCUT2D eigenvalue weighted by atomic mass is 10.1. The highest BCUT2D eigenvalue weighted by atomic mass is 35.5. The number of carbonyl (C=O) groups excluding carboxylic acids is 1. The normalized spacial score (nSPS) is 11.1. The second-order valence-electron chi connectivity index (χ2n) is 4.12. The summed E-state index contributed by atoms with van der Waals surface area (Å²) in [5, 5.41) is -0.0647. The van der Waals surface area contributed by atoms with Crippen LogP contribution in [0.1, 0.15) is 23.7 Å². The number of nitrogens with zero attached hydrogens (tertiary/aromatic N) is 2. The first-order chi connectivity index (χ1) is 9.92. The van der Waals surface area contributed by atoms with E-state index >= 15 is 0 Å².